The summed E-state index contributed by atoms with van der Waals surface area (Å²) in [5, 5.41) is 3.36. The van der Waals surface area contributed by atoms with Crippen LogP contribution in [0.15, 0.2) is 12.2 Å². The highest BCUT2D eigenvalue weighted by Gasteiger charge is 2.21. The van der Waals surface area contributed by atoms with E-state index in [1.54, 1.807) is 0 Å². The summed E-state index contributed by atoms with van der Waals surface area (Å²) in [5.74, 6) is 0.307. The fraction of sp³-hybridized carbons (Fsp3) is 0.786. The number of ether oxygens (including phenoxy) is 1. The van der Waals surface area contributed by atoms with E-state index in [1.807, 2.05) is 0 Å². The van der Waals surface area contributed by atoms with E-state index in [0.29, 0.717) is 5.92 Å². The molecule has 0 aromatic rings. The lowest BCUT2D eigenvalue weighted by molar-refractivity contribution is -0.143. The molecule has 0 aromatic carbocycles. The van der Waals surface area contributed by atoms with Crippen LogP contribution in [-0.2, 0) is 9.53 Å². The highest BCUT2D eigenvalue weighted by molar-refractivity contribution is 5.75. The molecule has 0 aliphatic heterocycles. The summed E-state index contributed by atoms with van der Waals surface area (Å²) in [6.07, 6.45) is 7.07. The second kappa shape index (κ2) is 9.23. The first-order chi connectivity index (χ1) is 8.04. The van der Waals surface area contributed by atoms with Crippen molar-refractivity contribution in [3.63, 3.8) is 0 Å². The van der Waals surface area contributed by atoms with E-state index in [-0.39, 0.29) is 18.1 Å². The predicted octanol–water partition coefficient (Wildman–Crippen LogP) is 2.91. The maximum atomic E-state index is 11.7. The molecule has 0 unspecified atom stereocenters. The Hall–Kier alpha value is -0.830. The summed E-state index contributed by atoms with van der Waals surface area (Å²) in [6.45, 7) is 8.44. The monoisotopic (exact) mass is 241 g/mol. The van der Waals surface area contributed by atoms with E-state index in [4.69, 9.17) is 4.74 Å². The minimum absolute atomic E-state index is 0.165. The lowest BCUT2D eigenvalue weighted by Gasteiger charge is -2.22. The fourth-order valence-electron chi connectivity index (χ4n) is 1.71. The molecule has 0 amide bonds. The molecule has 0 aliphatic carbocycles. The zero-order valence-corrected chi connectivity index (χ0v) is 11.8. The van der Waals surface area contributed by atoms with Crippen LogP contribution in [0.2, 0.25) is 0 Å². The Balaban J connectivity index is 4.47. The van der Waals surface area contributed by atoms with Gasteiger partial charge in [-0.15, -0.1) is 0 Å². The van der Waals surface area contributed by atoms with Gasteiger partial charge in [0, 0.05) is 6.04 Å². The van der Waals surface area contributed by atoms with Crippen molar-refractivity contribution in [1.82, 2.24) is 5.32 Å². The Bertz CT molecular complexity index is 236. The highest BCUT2D eigenvalue weighted by atomic mass is 16.5. The van der Waals surface area contributed by atoms with Crippen LogP contribution >= 0.6 is 0 Å². The first-order valence-electron chi connectivity index (χ1n) is 6.55. The summed E-state index contributed by atoms with van der Waals surface area (Å²) in [6, 6.07) is 0.0456. The van der Waals surface area contributed by atoms with Gasteiger partial charge in [-0.25, -0.2) is 0 Å². The lowest BCUT2D eigenvalue weighted by Crippen LogP contribution is -2.43. The molecule has 0 saturated heterocycles. The van der Waals surface area contributed by atoms with Crippen molar-refractivity contribution in [1.29, 1.82) is 0 Å². The Kier molecular flexibility index (Phi) is 8.78. The summed E-state index contributed by atoms with van der Waals surface area (Å²) in [4.78, 5) is 11.7. The van der Waals surface area contributed by atoms with Crippen molar-refractivity contribution in [3.8, 4) is 0 Å². The van der Waals surface area contributed by atoms with E-state index in [1.165, 1.54) is 7.11 Å². The predicted molar refractivity (Wildman–Crippen MR) is 71.9 cm³/mol. The van der Waals surface area contributed by atoms with Crippen molar-refractivity contribution in [3.05, 3.63) is 12.2 Å². The van der Waals surface area contributed by atoms with E-state index in [2.05, 4.69) is 45.2 Å². The third-order valence-electron chi connectivity index (χ3n) is 2.65. The summed E-state index contributed by atoms with van der Waals surface area (Å²) < 4.78 is 4.84. The van der Waals surface area contributed by atoms with E-state index in [0.717, 1.165) is 19.3 Å². The van der Waals surface area contributed by atoms with Crippen molar-refractivity contribution < 1.29 is 9.53 Å². The molecule has 2 atom stereocenters. The molecule has 3 nitrogen and oxygen atoms in total. The summed E-state index contributed by atoms with van der Waals surface area (Å²) in [5.41, 5.74) is 0. The van der Waals surface area contributed by atoms with Gasteiger partial charge in [-0.05, 0) is 25.2 Å². The zero-order valence-electron chi connectivity index (χ0n) is 11.8. The van der Waals surface area contributed by atoms with Crippen LogP contribution in [0.3, 0.4) is 0 Å². The topological polar surface area (TPSA) is 38.3 Å². The zero-order chi connectivity index (χ0) is 13.3. The molecule has 0 heterocycles. The van der Waals surface area contributed by atoms with Crippen LogP contribution in [0, 0.1) is 5.92 Å². The van der Waals surface area contributed by atoms with Gasteiger partial charge in [0.2, 0.25) is 0 Å². The van der Waals surface area contributed by atoms with E-state index < -0.39 is 0 Å². The van der Waals surface area contributed by atoms with Gasteiger partial charge in [-0.3, -0.25) is 10.1 Å². The molecule has 0 radical (unpaired) electrons. The van der Waals surface area contributed by atoms with Gasteiger partial charge in [0.15, 0.2) is 0 Å². The first kappa shape index (κ1) is 16.2. The Labute approximate surface area is 106 Å². The third-order valence-corrected chi connectivity index (χ3v) is 2.65. The fourth-order valence-corrected chi connectivity index (χ4v) is 1.71. The Morgan fingerprint density at radius 1 is 1.35 bits per heavy atom. The number of rotatable bonds is 8. The largest absolute Gasteiger partial charge is 0.468 e. The lowest BCUT2D eigenvalue weighted by atomic mass is 10.0. The van der Waals surface area contributed by atoms with Crippen LogP contribution in [-0.4, -0.2) is 25.2 Å². The molecule has 3 heteroatoms. The number of hydrogen-bond donors (Lipinski definition) is 1. The van der Waals surface area contributed by atoms with Crippen molar-refractivity contribution >= 4 is 5.97 Å². The smallest absolute Gasteiger partial charge is 0.322 e. The number of carbonyl (C=O) groups excluding carboxylic acids is 1. The molecule has 0 rings (SSSR count). The van der Waals surface area contributed by atoms with Gasteiger partial charge in [0.1, 0.15) is 6.04 Å². The number of esters is 1. The van der Waals surface area contributed by atoms with E-state index >= 15 is 0 Å². The molecule has 0 saturated carbocycles. The van der Waals surface area contributed by atoms with Crippen molar-refractivity contribution in [2.45, 2.75) is 59.0 Å². The number of carbonyl (C=O) groups is 1. The number of allylic oxidation sites excluding steroid dienone is 1. The SMILES string of the molecule is CC/C=C/[C@H](CC)N[C@@H](CC(C)C)C(=O)OC. The molecule has 0 aliphatic rings. The number of hydrogen-bond acceptors (Lipinski definition) is 3. The van der Waals surface area contributed by atoms with Crippen LogP contribution in [0.5, 0.6) is 0 Å². The normalized spacial score (nSPS) is 15.2. The second-order valence-electron chi connectivity index (χ2n) is 4.72. The molecule has 0 spiro atoms. The second-order valence-corrected chi connectivity index (χ2v) is 4.72. The molecule has 1 N–H and O–H groups in total. The minimum atomic E-state index is -0.202. The van der Waals surface area contributed by atoms with Crippen molar-refractivity contribution in [2.75, 3.05) is 7.11 Å². The average Bonchev–Trinajstić information content (AvgIpc) is 2.31. The minimum Gasteiger partial charge on any atom is -0.468 e. The number of nitrogens with one attached hydrogen (secondary N) is 1. The van der Waals surface area contributed by atoms with Crippen LogP contribution in [0.4, 0.5) is 0 Å². The molecular formula is C14H27NO2. The van der Waals surface area contributed by atoms with E-state index in [9.17, 15) is 4.79 Å². The molecule has 100 valence electrons. The van der Waals surface area contributed by atoms with Gasteiger partial charge in [-0.1, -0.05) is 39.8 Å². The van der Waals surface area contributed by atoms with Crippen LogP contribution in [0.1, 0.15) is 47.0 Å². The molecule has 0 aromatic heterocycles. The van der Waals surface area contributed by atoms with Crippen molar-refractivity contribution in [2.24, 2.45) is 5.92 Å². The molecular weight excluding hydrogens is 214 g/mol. The van der Waals surface area contributed by atoms with Gasteiger partial charge < -0.3 is 4.74 Å². The van der Waals surface area contributed by atoms with Crippen LogP contribution in [0.25, 0.3) is 0 Å². The third kappa shape index (κ3) is 7.16. The first-order valence-corrected chi connectivity index (χ1v) is 6.55. The highest BCUT2D eigenvalue weighted by Crippen LogP contribution is 2.08. The summed E-state index contributed by atoms with van der Waals surface area (Å²) in [7, 11) is 1.44. The average molecular weight is 241 g/mol. The standard InChI is InChI=1S/C14H27NO2/c1-6-8-9-12(7-2)15-13(10-11(3)4)14(16)17-5/h8-9,11-13,15H,6-7,10H2,1-5H3/b9-8+/t12-,13-/m0/s1. The molecule has 17 heavy (non-hydrogen) atoms. The van der Waals surface area contributed by atoms with Gasteiger partial charge in [0.25, 0.3) is 0 Å². The Morgan fingerprint density at radius 2 is 2.00 bits per heavy atom. The quantitative estimate of drug-likeness (QED) is 0.524. The van der Waals surface area contributed by atoms with Crippen LogP contribution < -0.4 is 5.32 Å². The van der Waals surface area contributed by atoms with Gasteiger partial charge >= 0.3 is 5.97 Å². The Morgan fingerprint density at radius 3 is 2.41 bits per heavy atom. The maximum Gasteiger partial charge on any atom is 0.322 e. The number of methoxy groups -OCH3 is 1. The molecule has 0 bridgehead atoms. The molecule has 0 fully saturated rings. The maximum absolute atomic E-state index is 11.7. The summed E-state index contributed by atoms with van der Waals surface area (Å²) >= 11 is 0. The van der Waals surface area contributed by atoms with Gasteiger partial charge in [0.05, 0.1) is 7.11 Å². The van der Waals surface area contributed by atoms with Gasteiger partial charge in [-0.2, -0.15) is 0 Å².